The van der Waals surface area contributed by atoms with Crippen molar-refractivity contribution in [2.24, 2.45) is 11.7 Å². The van der Waals surface area contributed by atoms with Gasteiger partial charge >= 0.3 is 11.9 Å². The van der Waals surface area contributed by atoms with E-state index in [1.54, 1.807) is 0 Å². The highest BCUT2D eigenvalue weighted by Gasteiger charge is 2.40. The van der Waals surface area contributed by atoms with Crippen molar-refractivity contribution in [1.29, 1.82) is 0 Å². The molecule has 1 aliphatic carbocycles. The van der Waals surface area contributed by atoms with E-state index in [9.17, 15) is 9.59 Å². The van der Waals surface area contributed by atoms with Crippen molar-refractivity contribution in [2.75, 3.05) is 7.11 Å². The van der Waals surface area contributed by atoms with Crippen LogP contribution in [0.5, 0.6) is 0 Å². The van der Waals surface area contributed by atoms with Crippen LogP contribution in [0.15, 0.2) is 11.0 Å². The molecule has 1 fully saturated rings. The highest BCUT2D eigenvalue weighted by molar-refractivity contribution is 8.02. The van der Waals surface area contributed by atoms with Gasteiger partial charge < -0.3 is 15.2 Å². The SMILES string of the molecule is COC(=O)C(N)C1NC(C(=O)OC(C)(C)C)C(C2CCCC2)=CS1.Cl. The minimum atomic E-state index is -0.841. The first kappa shape index (κ1) is 22.3. The molecule has 2 aliphatic rings. The van der Waals surface area contributed by atoms with Gasteiger partial charge in [-0.3, -0.25) is 10.1 Å². The third kappa shape index (κ3) is 5.88. The second-order valence-electron chi connectivity index (χ2n) is 7.34. The van der Waals surface area contributed by atoms with Gasteiger partial charge in [0.1, 0.15) is 17.7 Å². The molecule has 0 aromatic heterocycles. The van der Waals surface area contributed by atoms with Gasteiger partial charge in [-0.05, 0) is 50.5 Å². The molecule has 0 amide bonds. The maximum atomic E-state index is 12.7. The second-order valence-corrected chi connectivity index (χ2v) is 8.35. The maximum absolute atomic E-state index is 12.7. The zero-order valence-corrected chi connectivity index (χ0v) is 16.9. The summed E-state index contributed by atoms with van der Waals surface area (Å²) in [4.78, 5) is 24.4. The average molecular weight is 393 g/mol. The Hall–Kier alpha value is -0.760. The lowest BCUT2D eigenvalue weighted by Crippen LogP contribution is -2.56. The topological polar surface area (TPSA) is 90.6 Å². The molecule has 3 atom stereocenters. The van der Waals surface area contributed by atoms with E-state index in [1.165, 1.54) is 31.7 Å². The van der Waals surface area contributed by atoms with Crippen molar-refractivity contribution < 1.29 is 19.1 Å². The largest absolute Gasteiger partial charge is 0.468 e. The molecule has 0 aromatic carbocycles. The number of hydrogen-bond acceptors (Lipinski definition) is 7. The molecule has 1 saturated carbocycles. The summed E-state index contributed by atoms with van der Waals surface area (Å²) >= 11 is 1.44. The summed E-state index contributed by atoms with van der Waals surface area (Å²) in [5.41, 5.74) is 6.44. The molecule has 3 unspecified atom stereocenters. The summed E-state index contributed by atoms with van der Waals surface area (Å²) in [6.45, 7) is 5.54. The third-order valence-electron chi connectivity index (χ3n) is 4.28. The van der Waals surface area contributed by atoms with Crippen molar-refractivity contribution in [2.45, 2.75) is 69.5 Å². The number of carbonyl (C=O) groups is 2. The number of carbonyl (C=O) groups excluding carboxylic acids is 2. The van der Waals surface area contributed by atoms with Crippen LogP contribution in [0.1, 0.15) is 46.5 Å². The van der Waals surface area contributed by atoms with Crippen molar-refractivity contribution in [3.63, 3.8) is 0 Å². The molecule has 144 valence electrons. The van der Waals surface area contributed by atoms with E-state index in [2.05, 4.69) is 5.32 Å². The quantitative estimate of drug-likeness (QED) is 0.709. The van der Waals surface area contributed by atoms with Gasteiger partial charge in [0.05, 0.1) is 12.5 Å². The van der Waals surface area contributed by atoms with Gasteiger partial charge in [0.25, 0.3) is 0 Å². The zero-order chi connectivity index (χ0) is 17.9. The monoisotopic (exact) mass is 392 g/mol. The smallest absolute Gasteiger partial charge is 0.328 e. The van der Waals surface area contributed by atoms with Crippen LogP contribution >= 0.6 is 24.2 Å². The first-order chi connectivity index (χ1) is 11.2. The predicted octanol–water partition coefficient (Wildman–Crippen LogP) is 2.36. The number of esters is 2. The number of thioether (sulfide) groups is 1. The highest BCUT2D eigenvalue weighted by atomic mass is 35.5. The minimum Gasteiger partial charge on any atom is -0.468 e. The molecular weight excluding hydrogens is 364 g/mol. The lowest BCUT2D eigenvalue weighted by molar-refractivity contribution is -0.157. The summed E-state index contributed by atoms with van der Waals surface area (Å²) < 4.78 is 10.3. The lowest BCUT2D eigenvalue weighted by Gasteiger charge is -2.35. The number of methoxy groups -OCH3 is 1. The fourth-order valence-electron chi connectivity index (χ4n) is 3.12. The third-order valence-corrected chi connectivity index (χ3v) is 5.41. The second kappa shape index (κ2) is 9.26. The Morgan fingerprint density at radius 2 is 1.92 bits per heavy atom. The van der Waals surface area contributed by atoms with E-state index in [0.29, 0.717) is 5.92 Å². The molecular formula is C17H29ClN2O4S. The predicted molar refractivity (Wildman–Crippen MR) is 101 cm³/mol. The van der Waals surface area contributed by atoms with Gasteiger partial charge in [-0.25, -0.2) is 4.79 Å². The van der Waals surface area contributed by atoms with Gasteiger partial charge in [-0.15, -0.1) is 24.2 Å². The van der Waals surface area contributed by atoms with Crippen LogP contribution in [-0.2, 0) is 19.1 Å². The molecule has 25 heavy (non-hydrogen) atoms. The molecule has 1 heterocycles. The average Bonchev–Trinajstić information content (AvgIpc) is 3.05. The van der Waals surface area contributed by atoms with Crippen LogP contribution < -0.4 is 11.1 Å². The molecule has 2 rings (SSSR count). The summed E-state index contributed by atoms with van der Waals surface area (Å²) in [5.74, 6) is -0.429. The van der Waals surface area contributed by atoms with Crippen molar-refractivity contribution in [1.82, 2.24) is 5.32 Å². The number of nitrogens with two attached hydrogens (primary N) is 1. The summed E-state index contributed by atoms with van der Waals surface area (Å²) in [6, 6.07) is -1.40. The molecule has 8 heteroatoms. The number of ether oxygens (including phenoxy) is 2. The Bertz CT molecular complexity index is 515. The molecule has 0 aromatic rings. The Labute approximate surface area is 160 Å². The number of halogens is 1. The van der Waals surface area contributed by atoms with Gasteiger partial charge in [0.2, 0.25) is 0 Å². The summed E-state index contributed by atoms with van der Waals surface area (Å²) in [5, 5.41) is 4.79. The lowest BCUT2D eigenvalue weighted by atomic mass is 9.92. The van der Waals surface area contributed by atoms with E-state index in [1.807, 2.05) is 26.2 Å². The minimum absolute atomic E-state index is 0. The Kier molecular flexibility index (Phi) is 8.25. The standard InChI is InChI=1S/C17H28N2O4S.ClH/c1-17(2,3)23-16(21)13-11(10-7-5-6-8-10)9-24-14(19-13)12(18)15(20)22-4;/h9-10,12-14,19H,5-8,18H2,1-4H3;1H. The van der Waals surface area contributed by atoms with Crippen LogP contribution in [0.3, 0.4) is 0 Å². The number of hydrogen-bond donors (Lipinski definition) is 2. The molecule has 0 saturated heterocycles. The van der Waals surface area contributed by atoms with E-state index in [4.69, 9.17) is 15.2 Å². The van der Waals surface area contributed by atoms with Crippen molar-refractivity contribution >= 4 is 36.1 Å². The molecule has 0 bridgehead atoms. The van der Waals surface area contributed by atoms with E-state index >= 15 is 0 Å². The van der Waals surface area contributed by atoms with Crippen LogP contribution in [0, 0.1) is 5.92 Å². The van der Waals surface area contributed by atoms with Crippen LogP contribution in [0.4, 0.5) is 0 Å². The summed E-state index contributed by atoms with van der Waals surface area (Å²) in [7, 11) is 1.31. The van der Waals surface area contributed by atoms with Crippen LogP contribution in [0.25, 0.3) is 0 Å². The molecule has 6 nitrogen and oxygen atoms in total. The Morgan fingerprint density at radius 3 is 2.44 bits per heavy atom. The molecule has 3 N–H and O–H groups in total. The first-order valence-electron chi connectivity index (χ1n) is 8.40. The van der Waals surface area contributed by atoms with Gasteiger partial charge in [-0.2, -0.15) is 0 Å². The summed E-state index contributed by atoms with van der Waals surface area (Å²) in [6.07, 6.45) is 4.53. The molecule has 0 spiro atoms. The van der Waals surface area contributed by atoms with Crippen LogP contribution in [-0.4, -0.2) is 42.1 Å². The first-order valence-corrected chi connectivity index (χ1v) is 9.35. The normalized spacial score (nSPS) is 25.6. The van der Waals surface area contributed by atoms with Crippen molar-refractivity contribution in [3.8, 4) is 0 Å². The highest BCUT2D eigenvalue weighted by Crippen LogP contribution is 2.38. The number of nitrogens with one attached hydrogen (secondary N) is 1. The zero-order valence-electron chi connectivity index (χ0n) is 15.2. The fraction of sp³-hybridized carbons (Fsp3) is 0.765. The van der Waals surface area contributed by atoms with Gasteiger partial charge in [-0.1, -0.05) is 12.8 Å². The van der Waals surface area contributed by atoms with E-state index in [0.717, 1.165) is 18.4 Å². The van der Waals surface area contributed by atoms with Gasteiger partial charge in [0, 0.05) is 0 Å². The van der Waals surface area contributed by atoms with E-state index in [-0.39, 0.29) is 18.4 Å². The molecule has 1 aliphatic heterocycles. The van der Waals surface area contributed by atoms with Crippen LogP contribution in [0.2, 0.25) is 0 Å². The van der Waals surface area contributed by atoms with Crippen molar-refractivity contribution in [3.05, 3.63) is 11.0 Å². The number of rotatable bonds is 4. The Morgan fingerprint density at radius 1 is 1.32 bits per heavy atom. The van der Waals surface area contributed by atoms with Gasteiger partial charge in [0.15, 0.2) is 0 Å². The van der Waals surface area contributed by atoms with E-state index < -0.39 is 29.0 Å². The Balaban J connectivity index is 0.00000312. The maximum Gasteiger partial charge on any atom is 0.328 e. The fourth-order valence-corrected chi connectivity index (χ4v) is 4.25. The molecule has 0 radical (unpaired) electrons.